The van der Waals surface area contributed by atoms with E-state index in [4.69, 9.17) is 4.74 Å². The van der Waals surface area contributed by atoms with E-state index < -0.39 is 0 Å². The van der Waals surface area contributed by atoms with Gasteiger partial charge in [0.2, 0.25) is 5.91 Å². The summed E-state index contributed by atoms with van der Waals surface area (Å²) >= 11 is 0. The zero-order valence-corrected chi connectivity index (χ0v) is 11.8. The van der Waals surface area contributed by atoms with Gasteiger partial charge in [0.15, 0.2) is 0 Å². The number of amides is 1. The smallest absolute Gasteiger partial charge is 0.226 e. The third-order valence-corrected chi connectivity index (χ3v) is 3.58. The second-order valence-corrected chi connectivity index (χ2v) is 5.02. The summed E-state index contributed by atoms with van der Waals surface area (Å²) in [5, 5.41) is 3.22. The number of benzene rings is 1. The summed E-state index contributed by atoms with van der Waals surface area (Å²) in [7, 11) is 1.93. The molecule has 4 nitrogen and oxygen atoms in total. The van der Waals surface area contributed by atoms with Crippen molar-refractivity contribution in [2.24, 2.45) is 0 Å². The van der Waals surface area contributed by atoms with Gasteiger partial charge in [0.1, 0.15) is 11.6 Å². The van der Waals surface area contributed by atoms with E-state index >= 15 is 0 Å². The number of likely N-dealkylation sites (N-methyl/N-ethyl adjacent to an activating group) is 1. The molecule has 1 aromatic carbocycles. The van der Waals surface area contributed by atoms with Gasteiger partial charge in [0.05, 0.1) is 13.0 Å². The predicted molar refractivity (Wildman–Crippen MR) is 75.2 cm³/mol. The Morgan fingerprint density at radius 2 is 2.20 bits per heavy atom. The van der Waals surface area contributed by atoms with Crippen molar-refractivity contribution in [2.45, 2.75) is 25.3 Å². The van der Waals surface area contributed by atoms with Crippen LogP contribution in [0.1, 0.15) is 19.3 Å². The highest BCUT2D eigenvalue weighted by Gasteiger charge is 2.22. The predicted octanol–water partition coefficient (Wildman–Crippen LogP) is 1.80. The number of likely N-dealkylation sites (tertiary alicyclic amines) is 1. The van der Waals surface area contributed by atoms with Crippen LogP contribution >= 0.6 is 0 Å². The van der Waals surface area contributed by atoms with Crippen molar-refractivity contribution in [3.63, 3.8) is 0 Å². The summed E-state index contributed by atoms with van der Waals surface area (Å²) in [6, 6.07) is 6.22. The molecule has 20 heavy (non-hydrogen) atoms. The topological polar surface area (TPSA) is 41.6 Å². The number of rotatable bonds is 5. The first-order valence-electron chi connectivity index (χ1n) is 7.02. The number of carbonyl (C=O) groups excluding carboxylic acids is 1. The minimum absolute atomic E-state index is 0.118. The van der Waals surface area contributed by atoms with Crippen molar-refractivity contribution in [3.8, 4) is 5.75 Å². The van der Waals surface area contributed by atoms with E-state index in [0.717, 1.165) is 25.9 Å². The van der Waals surface area contributed by atoms with Crippen molar-refractivity contribution < 1.29 is 13.9 Å². The molecule has 1 aliphatic heterocycles. The lowest BCUT2D eigenvalue weighted by atomic mass is 10.1. The molecule has 1 N–H and O–H groups in total. The Morgan fingerprint density at radius 1 is 1.45 bits per heavy atom. The Hall–Kier alpha value is -1.62. The molecule has 1 saturated heterocycles. The minimum Gasteiger partial charge on any atom is -0.493 e. The van der Waals surface area contributed by atoms with E-state index in [1.54, 1.807) is 12.1 Å². The Kier molecular flexibility index (Phi) is 5.35. The summed E-state index contributed by atoms with van der Waals surface area (Å²) in [6.45, 7) is 1.92. The van der Waals surface area contributed by atoms with E-state index in [9.17, 15) is 9.18 Å². The van der Waals surface area contributed by atoms with Gasteiger partial charge in [-0.25, -0.2) is 4.39 Å². The van der Waals surface area contributed by atoms with Gasteiger partial charge in [0, 0.05) is 19.1 Å². The highest BCUT2D eigenvalue weighted by atomic mass is 19.1. The normalized spacial score (nSPS) is 18.9. The van der Waals surface area contributed by atoms with Gasteiger partial charge in [-0.15, -0.1) is 0 Å². The Labute approximate surface area is 118 Å². The van der Waals surface area contributed by atoms with Crippen molar-refractivity contribution in [1.29, 1.82) is 0 Å². The van der Waals surface area contributed by atoms with Gasteiger partial charge >= 0.3 is 0 Å². The molecule has 1 aliphatic rings. The molecular weight excluding hydrogens is 259 g/mol. The van der Waals surface area contributed by atoms with Crippen LogP contribution in [0.5, 0.6) is 5.75 Å². The molecule has 1 amide bonds. The monoisotopic (exact) mass is 280 g/mol. The molecule has 1 aromatic rings. The van der Waals surface area contributed by atoms with Crippen LogP contribution in [-0.2, 0) is 4.79 Å². The van der Waals surface area contributed by atoms with E-state index in [1.807, 2.05) is 11.9 Å². The van der Waals surface area contributed by atoms with E-state index in [0.29, 0.717) is 24.8 Å². The molecule has 1 unspecified atom stereocenters. The second kappa shape index (κ2) is 7.24. The zero-order valence-electron chi connectivity index (χ0n) is 11.8. The first kappa shape index (κ1) is 14.8. The molecule has 110 valence electrons. The lowest BCUT2D eigenvalue weighted by Crippen LogP contribution is -2.47. The molecule has 0 spiro atoms. The quantitative estimate of drug-likeness (QED) is 0.894. The maximum atomic E-state index is 12.7. The van der Waals surface area contributed by atoms with Crippen molar-refractivity contribution in [2.75, 3.05) is 26.7 Å². The van der Waals surface area contributed by atoms with Crippen molar-refractivity contribution in [3.05, 3.63) is 30.1 Å². The first-order chi connectivity index (χ1) is 9.69. The van der Waals surface area contributed by atoms with Gasteiger partial charge in [-0.3, -0.25) is 4.79 Å². The lowest BCUT2D eigenvalue weighted by Gasteiger charge is -2.32. The average molecular weight is 280 g/mol. The summed E-state index contributed by atoms with van der Waals surface area (Å²) < 4.78 is 18.2. The number of hydrogen-bond donors (Lipinski definition) is 1. The molecule has 0 bridgehead atoms. The van der Waals surface area contributed by atoms with Crippen molar-refractivity contribution >= 4 is 5.91 Å². The third-order valence-electron chi connectivity index (χ3n) is 3.58. The third kappa shape index (κ3) is 4.20. The van der Waals surface area contributed by atoms with Crippen LogP contribution in [-0.4, -0.2) is 43.6 Å². The molecule has 0 radical (unpaired) electrons. The molecule has 1 atom stereocenters. The zero-order chi connectivity index (χ0) is 14.4. The van der Waals surface area contributed by atoms with Crippen LogP contribution in [0, 0.1) is 5.82 Å². The fourth-order valence-corrected chi connectivity index (χ4v) is 2.38. The maximum absolute atomic E-state index is 12.7. The first-order valence-corrected chi connectivity index (χ1v) is 7.02. The number of ether oxygens (including phenoxy) is 1. The van der Waals surface area contributed by atoms with Crippen molar-refractivity contribution in [1.82, 2.24) is 10.2 Å². The SMILES string of the molecule is CNC1CCCN(C(=O)CCOc2ccc(F)cc2)C1. The number of nitrogens with one attached hydrogen (secondary N) is 1. The van der Waals surface area contributed by atoms with Crippen LogP contribution in [0.25, 0.3) is 0 Å². The molecule has 2 rings (SSSR count). The maximum Gasteiger partial charge on any atom is 0.226 e. The largest absolute Gasteiger partial charge is 0.493 e. The van der Waals surface area contributed by atoms with Gasteiger partial charge in [-0.1, -0.05) is 0 Å². The van der Waals surface area contributed by atoms with E-state index in [2.05, 4.69) is 5.32 Å². The highest BCUT2D eigenvalue weighted by Crippen LogP contribution is 2.13. The molecule has 0 saturated carbocycles. The summed E-state index contributed by atoms with van der Waals surface area (Å²) in [5.41, 5.74) is 0. The second-order valence-electron chi connectivity index (χ2n) is 5.02. The summed E-state index contributed by atoms with van der Waals surface area (Å²) in [5.74, 6) is 0.415. The van der Waals surface area contributed by atoms with Crippen LogP contribution < -0.4 is 10.1 Å². The Bertz CT molecular complexity index is 436. The van der Waals surface area contributed by atoms with Crippen LogP contribution in [0.4, 0.5) is 4.39 Å². The minimum atomic E-state index is -0.292. The Balaban J connectivity index is 1.73. The molecule has 0 aliphatic carbocycles. The van der Waals surface area contributed by atoms with Gasteiger partial charge < -0.3 is 15.0 Å². The average Bonchev–Trinajstić information content (AvgIpc) is 2.49. The molecule has 1 heterocycles. The molecule has 5 heteroatoms. The number of nitrogens with zero attached hydrogens (tertiary/aromatic N) is 1. The van der Waals surface area contributed by atoms with E-state index in [-0.39, 0.29) is 11.7 Å². The number of carbonyl (C=O) groups is 1. The standard InChI is InChI=1S/C15H21FN2O2/c1-17-13-3-2-9-18(11-13)15(19)8-10-20-14-6-4-12(16)5-7-14/h4-7,13,17H,2-3,8-11H2,1H3. The highest BCUT2D eigenvalue weighted by molar-refractivity contribution is 5.76. The number of piperidine rings is 1. The fourth-order valence-electron chi connectivity index (χ4n) is 2.38. The fraction of sp³-hybridized carbons (Fsp3) is 0.533. The summed E-state index contributed by atoms with van der Waals surface area (Å²) in [4.78, 5) is 13.9. The van der Waals surface area contributed by atoms with Crippen LogP contribution in [0.3, 0.4) is 0 Å². The Morgan fingerprint density at radius 3 is 2.90 bits per heavy atom. The molecular formula is C15H21FN2O2. The van der Waals surface area contributed by atoms with Gasteiger partial charge in [-0.2, -0.15) is 0 Å². The number of hydrogen-bond acceptors (Lipinski definition) is 3. The van der Waals surface area contributed by atoms with Crippen LogP contribution in [0.2, 0.25) is 0 Å². The molecule has 1 fully saturated rings. The number of halogens is 1. The molecule has 0 aromatic heterocycles. The lowest BCUT2D eigenvalue weighted by molar-refractivity contribution is -0.133. The van der Waals surface area contributed by atoms with E-state index in [1.165, 1.54) is 12.1 Å². The van der Waals surface area contributed by atoms with Gasteiger partial charge in [0.25, 0.3) is 0 Å². The van der Waals surface area contributed by atoms with Crippen LogP contribution in [0.15, 0.2) is 24.3 Å². The summed E-state index contributed by atoms with van der Waals surface area (Å²) in [6.07, 6.45) is 2.51. The van der Waals surface area contributed by atoms with Gasteiger partial charge in [-0.05, 0) is 44.2 Å².